The smallest absolute Gasteiger partial charge is 0.161 e. The van der Waals surface area contributed by atoms with Gasteiger partial charge in [0.15, 0.2) is 11.5 Å². The fraction of sp³-hybridized carbons (Fsp3) is 0.438. The highest BCUT2D eigenvalue weighted by atomic mass is 16.5. The van der Waals surface area contributed by atoms with Crippen molar-refractivity contribution >= 4 is 0 Å². The molecular formula is C16H20N2O3. The van der Waals surface area contributed by atoms with Crippen molar-refractivity contribution in [1.82, 2.24) is 4.90 Å². The molecule has 0 spiro atoms. The number of benzene rings is 1. The third-order valence-electron chi connectivity index (χ3n) is 3.61. The van der Waals surface area contributed by atoms with Crippen LogP contribution in [0.5, 0.6) is 11.5 Å². The Labute approximate surface area is 125 Å². The molecule has 1 atom stereocenters. The first kappa shape index (κ1) is 15.4. The molecule has 5 heteroatoms. The van der Waals surface area contributed by atoms with Crippen molar-refractivity contribution in [3.63, 3.8) is 0 Å². The van der Waals surface area contributed by atoms with Gasteiger partial charge in [-0.25, -0.2) is 0 Å². The Morgan fingerprint density at radius 3 is 2.81 bits per heavy atom. The van der Waals surface area contributed by atoms with Crippen molar-refractivity contribution in [2.45, 2.75) is 12.5 Å². The van der Waals surface area contributed by atoms with Crippen molar-refractivity contribution in [1.29, 1.82) is 5.26 Å². The van der Waals surface area contributed by atoms with Crippen molar-refractivity contribution in [2.24, 2.45) is 0 Å². The minimum atomic E-state index is -0.369. The molecule has 1 N–H and O–H groups in total. The number of aromatic hydroxyl groups is 1. The lowest BCUT2D eigenvalue weighted by Crippen LogP contribution is -2.38. The maximum atomic E-state index is 10.1. The van der Waals surface area contributed by atoms with Crippen LogP contribution in [0.15, 0.2) is 24.8 Å². The topological polar surface area (TPSA) is 65.7 Å². The molecule has 21 heavy (non-hydrogen) atoms. The number of nitrogens with zero attached hydrogens (tertiary/aromatic N) is 2. The minimum absolute atomic E-state index is 0.111. The van der Waals surface area contributed by atoms with E-state index in [4.69, 9.17) is 9.47 Å². The fourth-order valence-electron chi connectivity index (χ4n) is 2.52. The van der Waals surface area contributed by atoms with Gasteiger partial charge >= 0.3 is 0 Å². The number of phenols is 1. The van der Waals surface area contributed by atoms with E-state index >= 15 is 0 Å². The first-order valence-electron chi connectivity index (χ1n) is 6.93. The summed E-state index contributed by atoms with van der Waals surface area (Å²) in [5.74, 6) is 0.498. The van der Waals surface area contributed by atoms with Crippen molar-refractivity contribution in [3.05, 3.63) is 35.9 Å². The van der Waals surface area contributed by atoms with E-state index in [1.165, 1.54) is 7.11 Å². The Morgan fingerprint density at radius 1 is 1.52 bits per heavy atom. The molecule has 2 rings (SSSR count). The molecule has 1 fully saturated rings. The van der Waals surface area contributed by atoms with E-state index in [0.29, 0.717) is 30.9 Å². The van der Waals surface area contributed by atoms with Gasteiger partial charge in [0.25, 0.3) is 0 Å². The summed E-state index contributed by atoms with van der Waals surface area (Å²) >= 11 is 0. The van der Waals surface area contributed by atoms with Crippen LogP contribution in [0.4, 0.5) is 0 Å². The zero-order valence-corrected chi connectivity index (χ0v) is 12.2. The zero-order valence-electron chi connectivity index (χ0n) is 12.2. The van der Waals surface area contributed by atoms with Crippen LogP contribution in [0, 0.1) is 11.3 Å². The second kappa shape index (κ2) is 7.11. The number of phenolic OH excluding ortho intramolecular Hbond substituents is 1. The maximum absolute atomic E-state index is 10.1. The number of allylic oxidation sites excluding steroid dienone is 1. The van der Waals surface area contributed by atoms with Gasteiger partial charge in [0.1, 0.15) is 6.04 Å². The Bertz CT molecular complexity index is 545. The summed E-state index contributed by atoms with van der Waals surface area (Å²) in [5.41, 5.74) is 1.54. The van der Waals surface area contributed by atoms with Gasteiger partial charge in [-0.2, -0.15) is 5.26 Å². The summed E-state index contributed by atoms with van der Waals surface area (Å²) in [7, 11) is 1.51. The van der Waals surface area contributed by atoms with E-state index in [0.717, 1.165) is 18.7 Å². The van der Waals surface area contributed by atoms with Gasteiger partial charge < -0.3 is 14.6 Å². The van der Waals surface area contributed by atoms with E-state index < -0.39 is 0 Å². The van der Waals surface area contributed by atoms with Crippen LogP contribution in [0.1, 0.15) is 17.2 Å². The largest absolute Gasteiger partial charge is 0.504 e. The summed E-state index contributed by atoms with van der Waals surface area (Å²) < 4.78 is 10.5. The quantitative estimate of drug-likeness (QED) is 0.840. The molecule has 1 saturated heterocycles. The molecular weight excluding hydrogens is 268 g/mol. The van der Waals surface area contributed by atoms with E-state index in [1.54, 1.807) is 12.1 Å². The fourth-order valence-corrected chi connectivity index (χ4v) is 2.52. The molecule has 1 aromatic carbocycles. The summed E-state index contributed by atoms with van der Waals surface area (Å²) in [4.78, 5) is 2.08. The lowest BCUT2D eigenvalue weighted by Gasteiger charge is -2.31. The minimum Gasteiger partial charge on any atom is -0.504 e. The summed E-state index contributed by atoms with van der Waals surface area (Å²) in [5, 5.41) is 19.6. The summed E-state index contributed by atoms with van der Waals surface area (Å²) in [6.45, 7) is 6.40. The number of rotatable bonds is 5. The first-order chi connectivity index (χ1) is 10.2. The highest BCUT2D eigenvalue weighted by molar-refractivity contribution is 5.50. The van der Waals surface area contributed by atoms with Crippen molar-refractivity contribution < 1.29 is 14.6 Å². The van der Waals surface area contributed by atoms with E-state index in [9.17, 15) is 10.4 Å². The predicted octanol–water partition coefficient (Wildman–Crippen LogP) is 2.03. The van der Waals surface area contributed by atoms with Crippen LogP contribution < -0.4 is 4.74 Å². The van der Waals surface area contributed by atoms with Gasteiger partial charge in [0.2, 0.25) is 0 Å². The number of ether oxygens (including phenoxy) is 2. The SMILES string of the molecule is C=CCc1cc(C(C#N)N2CCOCC2)cc(OC)c1O. The number of hydrogen-bond donors (Lipinski definition) is 1. The molecule has 0 amide bonds. The standard InChI is InChI=1S/C16H20N2O3/c1-3-4-12-9-13(10-15(20-2)16(12)19)14(11-17)18-5-7-21-8-6-18/h3,9-10,14,19H,1,4-8H2,2H3. The molecule has 0 radical (unpaired) electrons. The highest BCUT2D eigenvalue weighted by Crippen LogP contribution is 2.35. The van der Waals surface area contributed by atoms with Crippen LogP contribution in [0.25, 0.3) is 0 Å². The van der Waals surface area contributed by atoms with Crippen molar-refractivity contribution in [3.8, 4) is 17.6 Å². The van der Waals surface area contributed by atoms with E-state index in [1.807, 2.05) is 6.07 Å². The van der Waals surface area contributed by atoms with E-state index in [2.05, 4.69) is 17.5 Å². The normalized spacial score (nSPS) is 17.0. The molecule has 1 aromatic rings. The van der Waals surface area contributed by atoms with Gasteiger partial charge in [0, 0.05) is 18.7 Å². The molecule has 1 aliphatic heterocycles. The second-order valence-corrected chi connectivity index (χ2v) is 4.90. The van der Waals surface area contributed by atoms with Crippen LogP contribution in [-0.4, -0.2) is 43.4 Å². The molecule has 0 aromatic heterocycles. The number of methoxy groups -OCH3 is 1. The molecule has 1 unspecified atom stereocenters. The average molecular weight is 288 g/mol. The van der Waals surface area contributed by atoms with Gasteiger partial charge in [0.05, 0.1) is 26.4 Å². The lowest BCUT2D eigenvalue weighted by molar-refractivity contribution is 0.0266. The van der Waals surface area contributed by atoms with Crippen molar-refractivity contribution in [2.75, 3.05) is 33.4 Å². The third-order valence-corrected chi connectivity index (χ3v) is 3.61. The number of nitriles is 1. The van der Waals surface area contributed by atoms with Crippen LogP contribution in [-0.2, 0) is 11.2 Å². The summed E-state index contributed by atoms with van der Waals surface area (Å²) in [6.07, 6.45) is 2.24. The Hall–Kier alpha value is -2.03. The second-order valence-electron chi connectivity index (χ2n) is 4.90. The number of morpholine rings is 1. The molecule has 1 aliphatic rings. The molecule has 0 aliphatic carbocycles. The zero-order chi connectivity index (χ0) is 15.2. The van der Waals surface area contributed by atoms with Crippen LogP contribution in [0.2, 0.25) is 0 Å². The maximum Gasteiger partial charge on any atom is 0.161 e. The molecule has 112 valence electrons. The monoisotopic (exact) mass is 288 g/mol. The Kier molecular flexibility index (Phi) is 5.20. The van der Waals surface area contributed by atoms with Crippen LogP contribution >= 0.6 is 0 Å². The Morgan fingerprint density at radius 2 is 2.24 bits per heavy atom. The predicted molar refractivity (Wildman–Crippen MR) is 79.3 cm³/mol. The van der Waals surface area contributed by atoms with Crippen LogP contribution in [0.3, 0.4) is 0 Å². The third kappa shape index (κ3) is 3.35. The van der Waals surface area contributed by atoms with Gasteiger partial charge in [-0.3, -0.25) is 4.90 Å². The highest BCUT2D eigenvalue weighted by Gasteiger charge is 2.24. The molecule has 0 bridgehead atoms. The molecule has 5 nitrogen and oxygen atoms in total. The van der Waals surface area contributed by atoms with Gasteiger partial charge in [-0.15, -0.1) is 6.58 Å². The molecule has 1 heterocycles. The van der Waals surface area contributed by atoms with Gasteiger partial charge in [-0.05, 0) is 24.1 Å². The molecule has 0 saturated carbocycles. The number of hydrogen-bond acceptors (Lipinski definition) is 5. The first-order valence-corrected chi connectivity index (χ1v) is 6.93. The lowest BCUT2D eigenvalue weighted by atomic mass is 10.00. The van der Waals surface area contributed by atoms with Gasteiger partial charge in [-0.1, -0.05) is 6.08 Å². The average Bonchev–Trinajstić information content (AvgIpc) is 2.52. The Balaban J connectivity index is 2.38. The summed E-state index contributed by atoms with van der Waals surface area (Å²) in [6, 6.07) is 5.54. The van der Waals surface area contributed by atoms with E-state index in [-0.39, 0.29) is 11.8 Å².